The van der Waals surface area contributed by atoms with Crippen molar-refractivity contribution in [1.82, 2.24) is 4.90 Å². The van der Waals surface area contributed by atoms with Gasteiger partial charge < -0.3 is 14.4 Å². The summed E-state index contributed by atoms with van der Waals surface area (Å²) in [6, 6.07) is 14.1. The monoisotopic (exact) mass is 425 g/mol. The number of nitrogens with zero attached hydrogens (tertiary/aromatic N) is 1. The quantitative estimate of drug-likeness (QED) is 0.702. The van der Waals surface area contributed by atoms with E-state index in [1.165, 1.54) is 0 Å². The number of carbonyl (C=O) groups is 1. The van der Waals surface area contributed by atoms with Crippen molar-refractivity contribution in [2.24, 2.45) is 0 Å². The molecule has 2 atom stereocenters. The lowest BCUT2D eigenvalue weighted by Crippen LogP contribution is -2.49. The Morgan fingerprint density at radius 2 is 1.67 bits per heavy atom. The van der Waals surface area contributed by atoms with E-state index in [2.05, 4.69) is 0 Å². The third kappa shape index (κ3) is 3.37. The van der Waals surface area contributed by atoms with Crippen LogP contribution < -0.4 is 9.47 Å². The molecule has 7 heteroatoms. The Labute approximate surface area is 176 Å². The first-order valence-electron chi connectivity index (χ1n) is 10.2. The van der Waals surface area contributed by atoms with Gasteiger partial charge in [0.05, 0.1) is 10.1 Å². The SMILES string of the molecule is O=C(/C=C/c1ccc2c(c1)OCO2)N1C2CCC1CC(S(=O)(=O)c1ccccc1)C2. The van der Waals surface area contributed by atoms with E-state index in [1.54, 1.807) is 36.4 Å². The Morgan fingerprint density at radius 3 is 2.40 bits per heavy atom. The zero-order valence-electron chi connectivity index (χ0n) is 16.4. The van der Waals surface area contributed by atoms with Gasteiger partial charge in [0.15, 0.2) is 21.3 Å². The lowest BCUT2D eigenvalue weighted by molar-refractivity contribution is -0.130. The zero-order valence-corrected chi connectivity index (χ0v) is 17.3. The third-order valence-electron chi connectivity index (χ3n) is 6.27. The smallest absolute Gasteiger partial charge is 0.247 e. The molecule has 2 aromatic carbocycles. The number of sulfone groups is 1. The lowest BCUT2D eigenvalue weighted by atomic mass is 10.0. The molecule has 6 nitrogen and oxygen atoms in total. The van der Waals surface area contributed by atoms with Crippen LogP contribution in [0.4, 0.5) is 0 Å². The Hall–Kier alpha value is -2.80. The van der Waals surface area contributed by atoms with Crippen molar-refractivity contribution in [2.75, 3.05) is 6.79 Å². The summed E-state index contributed by atoms with van der Waals surface area (Å²) in [6.07, 6.45) is 6.06. The number of piperidine rings is 1. The molecule has 2 bridgehead atoms. The van der Waals surface area contributed by atoms with Crippen molar-refractivity contribution < 1.29 is 22.7 Å². The minimum absolute atomic E-state index is 0.0267. The fourth-order valence-electron chi connectivity index (χ4n) is 4.81. The van der Waals surface area contributed by atoms with Gasteiger partial charge >= 0.3 is 0 Å². The largest absolute Gasteiger partial charge is 0.454 e. The molecule has 0 aliphatic carbocycles. The normalized spacial score (nSPS) is 25.1. The topological polar surface area (TPSA) is 72.9 Å². The molecule has 2 saturated heterocycles. The van der Waals surface area contributed by atoms with Gasteiger partial charge in [0, 0.05) is 18.2 Å². The minimum atomic E-state index is -3.38. The predicted molar refractivity (Wildman–Crippen MR) is 112 cm³/mol. The van der Waals surface area contributed by atoms with Gasteiger partial charge in [-0.2, -0.15) is 0 Å². The molecule has 1 amide bonds. The van der Waals surface area contributed by atoms with E-state index < -0.39 is 15.1 Å². The molecule has 30 heavy (non-hydrogen) atoms. The molecule has 3 heterocycles. The number of amides is 1. The molecular weight excluding hydrogens is 402 g/mol. The van der Waals surface area contributed by atoms with Crippen molar-refractivity contribution in [2.45, 2.75) is 47.9 Å². The maximum atomic E-state index is 13.0. The van der Waals surface area contributed by atoms with E-state index in [0.717, 1.165) is 18.4 Å². The van der Waals surface area contributed by atoms with E-state index in [1.807, 2.05) is 29.2 Å². The Morgan fingerprint density at radius 1 is 0.967 bits per heavy atom. The van der Waals surface area contributed by atoms with Gasteiger partial charge in [-0.25, -0.2) is 8.42 Å². The van der Waals surface area contributed by atoms with E-state index in [0.29, 0.717) is 29.2 Å². The van der Waals surface area contributed by atoms with Crippen LogP contribution in [0, 0.1) is 0 Å². The number of carbonyl (C=O) groups excluding carboxylic acids is 1. The molecule has 2 unspecified atom stereocenters. The summed E-state index contributed by atoms with van der Waals surface area (Å²) >= 11 is 0. The summed E-state index contributed by atoms with van der Waals surface area (Å²) in [5.74, 6) is 1.32. The molecule has 5 rings (SSSR count). The Bertz CT molecular complexity index is 1080. The first kappa shape index (κ1) is 19.2. The second-order valence-electron chi connectivity index (χ2n) is 8.03. The Kier molecular flexibility index (Phi) is 4.77. The zero-order chi connectivity index (χ0) is 20.7. The van der Waals surface area contributed by atoms with E-state index >= 15 is 0 Å². The van der Waals surface area contributed by atoms with Gasteiger partial charge in [-0.05, 0) is 61.6 Å². The molecule has 3 aliphatic rings. The molecule has 0 radical (unpaired) electrons. The number of rotatable bonds is 4. The molecule has 156 valence electrons. The van der Waals surface area contributed by atoms with Crippen molar-refractivity contribution in [3.8, 4) is 11.5 Å². The molecule has 0 saturated carbocycles. The highest BCUT2D eigenvalue weighted by Crippen LogP contribution is 2.40. The van der Waals surface area contributed by atoms with Crippen LogP contribution in [0.1, 0.15) is 31.2 Å². The van der Waals surface area contributed by atoms with Gasteiger partial charge in [0.25, 0.3) is 0 Å². The van der Waals surface area contributed by atoms with Gasteiger partial charge in [-0.15, -0.1) is 0 Å². The van der Waals surface area contributed by atoms with Gasteiger partial charge in [-0.3, -0.25) is 4.79 Å². The molecule has 0 N–H and O–H groups in total. The fraction of sp³-hybridized carbons (Fsp3) is 0.348. The van der Waals surface area contributed by atoms with Crippen molar-refractivity contribution in [3.05, 3.63) is 60.2 Å². The molecule has 2 fully saturated rings. The lowest BCUT2D eigenvalue weighted by Gasteiger charge is -2.38. The number of fused-ring (bicyclic) bond motifs is 3. The average molecular weight is 426 g/mol. The van der Waals surface area contributed by atoms with Crippen LogP contribution in [0.15, 0.2) is 59.5 Å². The van der Waals surface area contributed by atoms with Crippen LogP contribution in [0.25, 0.3) is 6.08 Å². The summed E-state index contributed by atoms with van der Waals surface area (Å²) in [5, 5.41) is -0.431. The summed E-state index contributed by atoms with van der Waals surface area (Å²) in [4.78, 5) is 15.2. The van der Waals surface area contributed by atoms with Gasteiger partial charge in [-0.1, -0.05) is 24.3 Å². The maximum absolute atomic E-state index is 13.0. The first-order valence-corrected chi connectivity index (χ1v) is 11.8. The minimum Gasteiger partial charge on any atom is -0.454 e. The van der Waals surface area contributed by atoms with E-state index in [4.69, 9.17) is 9.47 Å². The van der Waals surface area contributed by atoms with Crippen molar-refractivity contribution in [3.63, 3.8) is 0 Å². The molecule has 3 aliphatic heterocycles. The van der Waals surface area contributed by atoms with Crippen LogP contribution in [0.3, 0.4) is 0 Å². The van der Waals surface area contributed by atoms with Crippen LogP contribution in [0.5, 0.6) is 11.5 Å². The first-order chi connectivity index (χ1) is 14.5. The summed E-state index contributed by atoms with van der Waals surface area (Å²) in [6.45, 7) is 0.214. The van der Waals surface area contributed by atoms with Crippen LogP contribution >= 0.6 is 0 Å². The third-order valence-corrected chi connectivity index (χ3v) is 8.46. The summed E-state index contributed by atoms with van der Waals surface area (Å²) in [5.41, 5.74) is 0.862. The highest BCUT2D eigenvalue weighted by Gasteiger charge is 2.46. The predicted octanol–water partition coefficient (Wildman–Crippen LogP) is 3.42. The standard InChI is InChI=1S/C23H23NO5S/c25-23(11-7-16-6-10-21-22(12-16)29-15-28-21)24-17-8-9-18(24)14-20(13-17)30(26,27)19-4-2-1-3-5-19/h1-7,10-12,17-18,20H,8-9,13-15H2/b11-7+. The molecule has 0 aromatic heterocycles. The molecule has 0 spiro atoms. The summed E-state index contributed by atoms with van der Waals surface area (Å²) < 4.78 is 36.8. The average Bonchev–Trinajstić information content (AvgIpc) is 3.33. The fourth-order valence-corrected chi connectivity index (χ4v) is 6.69. The molecule has 2 aromatic rings. The second-order valence-corrected chi connectivity index (χ2v) is 10.3. The summed E-state index contributed by atoms with van der Waals surface area (Å²) in [7, 11) is -3.38. The van der Waals surface area contributed by atoms with Crippen molar-refractivity contribution in [1.29, 1.82) is 0 Å². The number of benzene rings is 2. The Balaban J connectivity index is 1.30. The highest BCUT2D eigenvalue weighted by molar-refractivity contribution is 7.92. The number of hydrogen-bond donors (Lipinski definition) is 0. The van der Waals surface area contributed by atoms with Crippen LogP contribution in [0.2, 0.25) is 0 Å². The highest BCUT2D eigenvalue weighted by atomic mass is 32.2. The van der Waals surface area contributed by atoms with E-state index in [-0.39, 0.29) is 24.8 Å². The van der Waals surface area contributed by atoms with E-state index in [9.17, 15) is 13.2 Å². The molecular formula is C23H23NO5S. The maximum Gasteiger partial charge on any atom is 0.247 e. The van der Waals surface area contributed by atoms with Crippen LogP contribution in [-0.4, -0.2) is 43.4 Å². The van der Waals surface area contributed by atoms with Gasteiger partial charge in [0.2, 0.25) is 12.7 Å². The second kappa shape index (κ2) is 7.47. The number of ether oxygens (including phenoxy) is 2. The van der Waals surface area contributed by atoms with Crippen molar-refractivity contribution >= 4 is 21.8 Å². The number of hydrogen-bond acceptors (Lipinski definition) is 5. The van der Waals surface area contributed by atoms with Crippen LogP contribution in [-0.2, 0) is 14.6 Å². The van der Waals surface area contributed by atoms with Gasteiger partial charge in [0.1, 0.15) is 0 Å².